The third kappa shape index (κ3) is 8.21. The average molecular weight is 308 g/mol. The second-order valence-corrected chi connectivity index (χ2v) is 3.56. The molecule has 11 heteroatoms. The minimum Gasteiger partial charge on any atom is -0.494 e. The van der Waals surface area contributed by atoms with Gasteiger partial charge in [0.05, 0.1) is 6.08 Å². The minimum absolute atomic E-state index is 0.0544. The first kappa shape index (κ1) is 18.1. The monoisotopic (exact) mass is 308 g/mol. The fourth-order valence-electron chi connectivity index (χ4n) is 0.966. The van der Waals surface area contributed by atoms with Crippen LogP contribution in [0.4, 0.5) is 26.3 Å². The number of hydrogen-bond donors (Lipinski definition) is 2. The fraction of sp³-hybridized carbons (Fsp3) is 0.556. The SMILES string of the molecule is CC(=O)N(CC(F)(F)F)/C(O)=C\C(=O)NCC(F)(F)F. The van der Waals surface area contributed by atoms with Crippen molar-refractivity contribution in [1.29, 1.82) is 0 Å². The number of halogens is 6. The number of nitrogens with zero attached hydrogens (tertiary/aromatic N) is 1. The second kappa shape index (κ2) is 6.48. The van der Waals surface area contributed by atoms with Crippen LogP contribution in [0.3, 0.4) is 0 Å². The van der Waals surface area contributed by atoms with E-state index in [-0.39, 0.29) is 11.0 Å². The lowest BCUT2D eigenvalue weighted by Gasteiger charge is -2.21. The summed E-state index contributed by atoms with van der Waals surface area (Å²) in [5.41, 5.74) is 0. The van der Waals surface area contributed by atoms with Gasteiger partial charge in [-0.3, -0.25) is 14.5 Å². The molecule has 20 heavy (non-hydrogen) atoms. The van der Waals surface area contributed by atoms with E-state index in [1.54, 1.807) is 0 Å². The Morgan fingerprint density at radius 1 is 1.15 bits per heavy atom. The summed E-state index contributed by atoms with van der Waals surface area (Å²) in [6, 6.07) is 0. The highest BCUT2D eigenvalue weighted by Gasteiger charge is 2.34. The van der Waals surface area contributed by atoms with Gasteiger partial charge in [0.25, 0.3) is 0 Å². The molecule has 0 aromatic rings. The molecule has 0 aromatic carbocycles. The van der Waals surface area contributed by atoms with Crippen LogP contribution < -0.4 is 5.32 Å². The number of rotatable bonds is 4. The number of nitrogens with one attached hydrogen (secondary N) is 1. The number of aliphatic hydroxyl groups is 1. The van der Waals surface area contributed by atoms with Crippen LogP contribution in [-0.2, 0) is 9.59 Å². The van der Waals surface area contributed by atoms with Crippen LogP contribution in [0.5, 0.6) is 0 Å². The number of carbonyl (C=O) groups excluding carboxylic acids is 2. The summed E-state index contributed by atoms with van der Waals surface area (Å²) >= 11 is 0. The van der Waals surface area contributed by atoms with Gasteiger partial charge in [-0.2, -0.15) is 26.3 Å². The van der Waals surface area contributed by atoms with Crippen LogP contribution in [0.2, 0.25) is 0 Å². The molecule has 0 aliphatic heterocycles. The molecule has 0 atom stereocenters. The highest BCUT2D eigenvalue weighted by atomic mass is 19.4. The molecule has 0 saturated carbocycles. The Morgan fingerprint density at radius 3 is 2.00 bits per heavy atom. The van der Waals surface area contributed by atoms with Gasteiger partial charge >= 0.3 is 12.4 Å². The molecule has 2 N–H and O–H groups in total. The molecule has 0 aliphatic rings. The lowest BCUT2D eigenvalue weighted by atomic mass is 10.4. The third-order valence-corrected chi connectivity index (χ3v) is 1.72. The summed E-state index contributed by atoms with van der Waals surface area (Å²) < 4.78 is 71.5. The molecule has 0 rings (SSSR count). The molecule has 0 aromatic heterocycles. The van der Waals surface area contributed by atoms with Gasteiger partial charge in [-0.25, -0.2) is 0 Å². The van der Waals surface area contributed by atoms with Crippen LogP contribution in [0, 0.1) is 0 Å². The third-order valence-electron chi connectivity index (χ3n) is 1.72. The van der Waals surface area contributed by atoms with E-state index in [0.29, 0.717) is 6.92 Å². The average Bonchev–Trinajstić information content (AvgIpc) is 2.20. The summed E-state index contributed by atoms with van der Waals surface area (Å²) in [7, 11) is 0. The molecule has 0 bridgehead atoms. The molecule has 2 amide bonds. The van der Waals surface area contributed by atoms with Gasteiger partial charge in [-0.1, -0.05) is 0 Å². The number of hydrogen-bond acceptors (Lipinski definition) is 3. The molecule has 0 fully saturated rings. The van der Waals surface area contributed by atoms with Crippen LogP contribution >= 0.6 is 0 Å². The Labute approximate surface area is 108 Å². The normalized spacial score (nSPS) is 13.1. The highest BCUT2D eigenvalue weighted by molar-refractivity contribution is 5.88. The topological polar surface area (TPSA) is 69.6 Å². The molecule has 0 aliphatic carbocycles. The lowest BCUT2D eigenvalue weighted by molar-refractivity contribution is -0.159. The molecule has 0 unspecified atom stereocenters. The Hall–Kier alpha value is -1.94. The Balaban J connectivity index is 4.81. The van der Waals surface area contributed by atoms with Crippen molar-refractivity contribution in [3.05, 3.63) is 12.0 Å². The van der Waals surface area contributed by atoms with Crippen molar-refractivity contribution in [3.8, 4) is 0 Å². The Morgan fingerprint density at radius 2 is 1.65 bits per heavy atom. The zero-order valence-electron chi connectivity index (χ0n) is 9.97. The van der Waals surface area contributed by atoms with Crippen molar-refractivity contribution in [2.75, 3.05) is 13.1 Å². The van der Waals surface area contributed by atoms with Gasteiger partial charge in [-0.05, 0) is 0 Å². The van der Waals surface area contributed by atoms with Gasteiger partial charge in [0.1, 0.15) is 13.1 Å². The minimum atomic E-state index is -4.85. The summed E-state index contributed by atoms with van der Waals surface area (Å²) in [5, 5.41) is 10.5. The van der Waals surface area contributed by atoms with Crippen LogP contribution in [0.1, 0.15) is 6.92 Å². The van der Waals surface area contributed by atoms with Crippen molar-refractivity contribution in [3.63, 3.8) is 0 Å². The standard InChI is InChI=1S/C9H10F6N2O3/c1-5(18)17(4-9(13,14)15)7(20)2-6(19)16-3-8(10,11)12/h2,20H,3-4H2,1H3,(H,16,19)/b7-2+. The number of carbonyl (C=O) groups is 2. The largest absolute Gasteiger partial charge is 0.494 e. The molecule has 116 valence electrons. The summed E-state index contributed by atoms with van der Waals surface area (Å²) in [6.45, 7) is -2.92. The summed E-state index contributed by atoms with van der Waals surface area (Å²) in [5.74, 6) is -4.14. The van der Waals surface area contributed by atoms with E-state index < -0.39 is 43.1 Å². The Kier molecular flexibility index (Phi) is 5.85. The molecule has 0 saturated heterocycles. The van der Waals surface area contributed by atoms with Gasteiger partial charge in [-0.15, -0.1) is 0 Å². The van der Waals surface area contributed by atoms with Crippen LogP contribution in [-0.4, -0.2) is 47.3 Å². The maximum absolute atomic E-state index is 12.1. The smallest absolute Gasteiger partial charge is 0.406 e. The van der Waals surface area contributed by atoms with E-state index in [1.165, 1.54) is 5.32 Å². The predicted octanol–water partition coefficient (Wildman–Crippen LogP) is 1.48. The Bertz CT molecular complexity index is 401. The van der Waals surface area contributed by atoms with Crippen molar-refractivity contribution >= 4 is 11.8 Å². The van der Waals surface area contributed by atoms with Gasteiger partial charge in [0.2, 0.25) is 11.8 Å². The molecule has 5 nitrogen and oxygen atoms in total. The van der Waals surface area contributed by atoms with E-state index in [9.17, 15) is 35.9 Å². The number of amides is 2. The second-order valence-electron chi connectivity index (χ2n) is 3.56. The molecular weight excluding hydrogens is 298 g/mol. The zero-order valence-corrected chi connectivity index (χ0v) is 9.97. The number of alkyl halides is 6. The van der Waals surface area contributed by atoms with Crippen molar-refractivity contribution < 1.29 is 41.0 Å². The highest BCUT2D eigenvalue weighted by Crippen LogP contribution is 2.18. The molecule has 0 heterocycles. The first-order valence-corrected chi connectivity index (χ1v) is 4.92. The molecular formula is C9H10F6N2O3. The van der Waals surface area contributed by atoms with Gasteiger partial charge in [0.15, 0.2) is 5.88 Å². The quantitative estimate of drug-likeness (QED) is 0.469. The summed E-state index contributed by atoms with van der Waals surface area (Å²) in [4.78, 5) is 21.6. The van der Waals surface area contributed by atoms with Crippen molar-refractivity contribution in [2.24, 2.45) is 0 Å². The first-order chi connectivity index (χ1) is 8.82. The first-order valence-electron chi connectivity index (χ1n) is 4.92. The van der Waals surface area contributed by atoms with Gasteiger partial charge < -0.3 is 10.4 Å². The predicted molar refractivity (Wildman–Crippen MR) is 53.2 cm³/mol. The van der Waals surface area contributed by atoms with E-state index >= 15 is 0 Å². The van der Waals surface area contributed by atoms with E-state index in [0.717, 1.165) is 0 Å². The van der Waals surface area contributed by atoms with Crippen LogP contribution in [0.15, 0.2) is 12.0 Å². The lowest BCUT2D eigenvalue weighted by Crippen LogP contribution is -2.38. The van der Waals surface area contributed by atoms with Gasteiger partial charge in [0, 0.05) is 6.92 Å². The summed E-state index contributed by atoms with van der Waals surface area (Å²) in [6.07, 6.45) is -9.51. The fourth-order valence-corrected chi connectivity index (χ4v) is 0.966. The van der Waals surface area contributed by atoms with Crippen LogP contribution in [0.25, 0.3) is 0 Å². The van der Waals surface area contributed by atoms with Crippen molar-refractivity contribution in [1.82, 2.24) is 10.2 Å². The maximum Gasteiger partial charge on any atom is 0.406 e. The van der Waals surface area contributed by atoms with E-state index in [4.69, 9.17) is 5.11 Å². The molecule has 0 spiro atoms. The van der Waals surface area contributed by atoms with Crippen molar-refractivity contribution in [2.45, 2.75) is 19.3 Å². The van der Waals surface area contributed by atoms with E-state index in [1.807, 2.05) is 0 Å². The van der Waals surface area contributed by atoms with E-state index in [2.05, 4.69) is 0 Å². The zero-order chi connectivity index (χ0) is 16.1. The maximum atomic E-state index is 12.1. The number of aliphatic hydroxyl groups excluding tert-OH is 1. The molecule has 0 radical (unpaired) electrons.